The Hall–Kier alpha value is -2.77. The highest BCUT2D eigenvalue weighted by Crippen LogP contribution is 2.48. The van der Waals surface area contributed by atoms with Crippen molar-refractivity contribution in [2.45, 2.75) is 38.9 Å². The molecule has 2 heterocycles. The molecule has 1 aliphatic carbocycles. The van der Waals surface area contributed by atoms with Crippen LogP contribution in [-0.4, -0.2) is 61.7 Å². The summed E-state index contributed by atoms with van der Waals surface area (Å²) in [7, 11) is 5.25. The lowest BCUT2D eigenvalue weighted by atomic mass is 9.91. The van der Waals surface area contributed by atoms with Gasteiger partial charge in [0, 0.05) is 52.3 Å². The van der Waals surface area contributed by atoms with E-state index in [0.717, 1.165) is 59.7 Å². The summed E-state index contributed by atoms with van der Waals surface area (Å²) in [5, 5.41) is 0. The number of aromatic nitrogens is 2. The third-order valence-electron chi connectivity index (χ3n) is 7.28. The first kappa shape index (κ1) is 25.3. The molecular formula is C28H38N4O3. The van der Waals surface area contributed by atoms with Gasteiger partial charge >= 0.3 is 0 Å². The Morgan fingerprint density at radius 2 is 1.91 bits per heavy atom. The number of carbonyl (C=O) groups is 1. The van der Waals surface area contributed by atoms with Crippen molar-refractivity contribution in [3.05, 3.63) is 59.4 Å². The second kappa shape index (κ2) is 11.8. The summed E-state index contributed by atoms with van der Waals surface area (Å²) in [5.74, 6) is 3.14. The number of carbonyl (C=O) groups excluding carboxylic acids is 1. The summed E-state index contributed by atoms with van der Waals surface area (Å²) in [6.45, 7) is 7.93. The van der Waals surface area contributed by atoms with Crippen LogP contribution in [0.3, 0.4) is 0 Å². The molecule has 1 aromatic heterocycles. The van der Waals surface area contributed by atoms with Crippen molar-refractivity contribution in [3.8, 4) is 0 Å². The SMILES string of the molecule is C=Cc1cc(CC(=O)N(C)C)ccc1COCC1CC1C1CCN(c2ncc(COC)cn2)CC1. The molecule has 7 nitrogen and oxygen atoms in total. The lowest BCUT2D eigenvalue weighted by molar-refractivity contribution is -0.127. The average Bonchev–Trinajstić information content (AvgIpc) is 3.65. The standard InChI is InChI=1S/C28H38N4O3/c1-5-22-12-20(13-27(33)31(2)3)6-7-24(22)18-35-19-25-14-26(25)23-8-10-32(11-9-23)28-29-15-21(16-30-28)17-34-4/h5-7,12,15-16,23,25-26H,1,8-11,13-14,17-19H2,2-4H3. The van der Waals surface area contributed by atoms with Crippen molar-refractivity contribution in [1.82, 2.24) is 14.9 Å². The minimum Gasteiger partial charge on any atom is -0.380 e. The Morgan fingerprint density at radius 1 is 1.17 bits per heavy atom. The fourth-order valence-electron chi connectivity index (χ4n) is 5.05. The van der Waals surface area contributed by atoms with Crippen LogP contribution < -0.4 is 4.90 Å². The molecule has 0 spiro atoms. The molecule has 1 amide bonds. The second-order valence-electron chi connectivity index (χ2n) is 10.0. The molecule has 2 atom stereocenters. The smallest absolute Gasteiger partial charge is 0.226 e. The molecule has 188 valence electrons. The van der Waals surface area contributed by atoms with Crippen LogP contribution in [-0.2, 0) is 33.9 Å². The third kappa shape index (κ3) is 6.67. The van der Waals surface area contributed by atoms with E-state index in [4.69, 9.17) is 9.47 Å². The topological polar surface area (TPSA) is 67.8 Å². The fraction of sp³-hybridized carbons (Fsp3) is 0.536. The Labute approximate surface area is 209 Å². The molecule has 2 aliphatic rings. The Morgan fingerprint density at radius 3 is 2.57 bits per heavy atom. The summed E-state index contributed by atoms with van der Waals surface area (Å²) in [5.41, 5.74) is 4.18. The van der Waals surface area contributed by atoms with E-state index in [1.807, 2.05) is 24.5 Å². The minimum atomic E-state index is 0.0992. The Kier molecular flexibility index (Phi) is 8.52. The van der Waals surface area contributed by atoms with E-state index in [-0.39, 0.29) is 5.91 Å². The van der Waals surface area contributed by atoms with Crippen LogP contribution >= 0.6 is 0 Å². The number of hydrogen-bond acceptors (Lipinski definition) is 6. The van der Waals surface area contributed by atoms with E-state index < -0.39 is 0 Å². The Balaban J connectivity index is 1.19. The largest absolute Gasteiger partial charge is 0.380 e. The summed E-state index contributed by atoms with van der Waals surface area (Å²) in [6.07, 6.45) is 9.64. The number of rotatable bonds is 11. The van der Waals surface area contributed by atoms with Crippen LogP contribution in [0.25, 0.3) is 6.08 Å². The quantitative estimate of drug-likeness (QED) is 0.487. The first-order valence-corrected chi connectivity index (χ1v) is 12.6. The van der Waals surface area contributed by atoms with Gasteiger partial charge in [-0.3, -0.25) is 4.79 Å². The van der Waals surface area contributed by atoms with E-state index in [9.17, 15) is 4.79 Å². The van der Waals surface area contributed by atoms with Crippen molar-refractivity contribution in [1.29, 1.82) is 0 Å². The normalized spacial score (nSPS) is 20.0. The summed E-state index contributed by atoms with van der Waals surface area (Å²) < 4.78 is 11.3. The van der Waals surface area contributed by atoms with Crippen LogP contribution in [0, 0.1) is 17.8 Å². The van der Waals surface area contributed by atoms with Gasteiger partial charge in [-0.15, -0.1) is 0 Å². The molecular weight excluding hydrogens is 440 g/mol. The Bertz CT molecular complexity index is 1000. The molecule has 35 heavy (non-hydrogen) atoms. The summed E-state index contributed by atoms with van der Waals surface area (Å²) >= 11 is 0. The third-order valence-corrected chi connectivity index (χ3v) is 7.28. The molecule has 0 bridgehead atoms. The fourth-order valence-corrected chi connectivity index (χ4v) is 5.05. The van der Waals surface area contributed by atoms with Gasteiger partial charge in [-0.25, -0.2) is 9.97 Å². The predicted octanol–water partition coefficient (Wildman–Crippen LogP) is 3.97. The van der Waals surface area contributed by atoms with Crippen LogP contribution in [0.15, 0.2) is 37.2 Å². The molecule has 2 unspecified atom stereocenters. The van der Waals surface area contributed by atoms with Gasteiger partial charge in [0.2, 0.25) is 11.9 Å². The molecule has 1 saturated carbocycles. The number of anilines is 1. The zero-order chi connectivity index (χ0) is 24.8. The molecule has 0 radical (unpaired) electrons. The van der Waals surface area contributed by atoms with Gasteiger partial charge in [0.1, 0.15) is 0 Å². The van der Waals surface area contributed by atoms with Gasteiger partial charge in [0.05, 0.1) is 26.2 Å². The van der Waals surface area contributed by atoms with Gasteiger partial charge in [-0.05, 0) is 53.7 Å². The van der Waals surface area contributed by atoms with E-state index >= 15 is 0 Å². The van der Waals surface area contributed by atoms with Crippen molar-refractivity contribution in [2.75, 3.05) is 45.8 Å². The molecule has 1 aliphatic heterocycles. The van der Waals surface area contributed by atoms with Crippen LogP contribution in [0.1, 0.15) is 41.5 Å². The summed E-state index contributed by atoms with van der Waals surface area (Å²) in [4.78, 5) is 25.0. The highest BCUT2D eigenvalue weighted by molar-refractivity contribution is 5.78. The maximum Gasteiger partial charge on any atom is 0.226 e. The van der Waals surface area contributed by atoms with Gasteiger partial charge in [0.15, 0.2) is 0 Å². The number of methoxy groups -OCH3 is 1. The van der Waals surface area contributed by atoms with Crippen LogP contribution in [0.4, 0.5) is 5.95 Å². The molecule has 7 heteroatoms. The predicted molar refractivity (Wildman–Crippen MR) is 138 cm³/mol. The average molecular weight is 479 g/mol. The lowest BCUT2D eigenvalue weighted by Crippen LogP contribution is -2.35. The van der Waals surface area contributed by atoms with E-state index in [1.54, 1.807) is 26.1 Å². The number of hydrogen-bond donors (Lipinski definition) is 0. The number of likely N-dealkylation sites (N-methyl/N-ethyl adjacent to an activating group) is 1. The molecule has 4 rings (SSSR count). The van der Waals surface area contributed by atoms with Crippen LogP contribution in [0.2, 0.25) is 0 Å². The molecule has 2 fully saturated rings. The molecule has 0 N–H and O–H groups in total. The zero-order valence-electron chi connectivity index (χ0n) is 21.3. The van der Waals surface area contributed by atoms with Gasteiger partial charge in [0.25, 0.3) is 0 Å². The first-order valence-electron chi connectivity index (χ1n) is 12.6. The second-order valence-corrected chi connectivity index (χ2v) is 10.0. The van der Waals surface area contributed by atoms with Gasteiger partial charge < -0.3 is 19.3 Å². The monoisotopic (exact) mass is 478 g/mol. The number of benzene rings is 1. The highest BCUT2D eigenvalue weighted by Gasteiger charge is 2.43. The van der Waals surface area contributed by atoms with Crippen molar-refractivity contribution < 1.29 is 14.3 Å². The van der Waals surface area contributed by atoms with Crippen molar-refractivity contribution in [2.24, 2.45) is 17.8 Å². The van der Waals surface area contributed by atoms with Crippen molar-refractivity contribution >= 4 is 17.9 Å². The van der Waals surface area contributed by atoms with E-state index in [2.05, 4.69) is 33.6 Å². The van der Waals surface area contributed by atoms with E-state index in [1.165, 1.54) is 19.3 Å². The number of amides is 1. The number of ether oxygens (including phenoxy) is 2. The van der Waals surface area contributed by atoms with Crippen molar-refractivity contribution in [3.63, 3.8) is 0 Å². The number of piperidine rings is 1. The maximum absolute atomic E-state index is 12.0. The lowest BCUT2D eigenvalue weighted by Gasteiger charge is -2.32. The van der Waals surface area contributed by atoms with Gasteiger partial charge in [-0.2, -0.15) is 0 Å². The molecule has 1 saturated heterocycles. The highest BCUT2D eigenvalue weighted by atomic mass is 16.5. The van der Waals surface area contributed by atoms with Crippen LogP contribution in [0.5, 0.6) is 0 Å². The molecule has 1 aromatic carbocycles. The van der Waals surface area contributed by atoms with E-state index in [0.29, 0.717) is 25.6 Å². The zero-order valence-corrected chi connectivity index (χ0v) is 21.3. The first-order chi connectivity index (χ1) is 17.0. The molecule has 2 aromatic rings. The summed E-state index contributed by atoms with van der Waals surface area (Å²) in [6, 6.07) is 6.14. The minimum absolute atomic E-state index is 0.0992. The number of nitrogens with zero attached hydrogens (tertiary/aromatic N) is 4. The van der Waals surface area contributed by atoms with Gasteiger partial charge in [-0.1, -0.05) is 30.9 Å². The maximum atomic E-state index is 12.0.